The van der Waals surface area contributed by atoms with E-state index in [1.165, 1.54) is 0 Å². The van der Waals surface area contributed by atoms with E-state index in [0.29, 0.717) is 57.0 Å². The third kappa shape index (κ3) is 7.69. The lowest BCUT2D eigenvalue weighted by Crippen LogP contribution is -2.49. The Labute approximate surface area is 305 Å². The molecule has 0 N–H and O–H groups in total. The van der Waals surface area contributed by atoms with Gasteiger partial charge in [0.05, 0.1) is 5.41 Å². The van der Waals surface area contributed by atoms with E-state index in [4.69, 9.17) is 24.2 Å². The summed E-state index contributed by atoms with van der Waals surface area (Å²) in [6.45, 7) is 9.55. The van der Waals surface area contributed by atoms with Gasteiger partial charge in [-0.25, -0.2) is 4.79 Å². The van der Waals surface area contributed by atoms with Gasteiger partial charge in [-0.05, 0) is 81.2 Å². The third-order valence-electron chi connectivity index (χ3n) is 10.1. The molecule has 11 nitrogen and oxygen atoms in total. The van der Waals surface area contributed by atoms with Crippen molar-refractivity contribution in [1.29, 1.82) is 0 Å². The number of carbonyl (C=O) groups excluding carboxylic acids is 2. The maximum absolute atomic E-state index is 13.0. The van der Waals surface area contributed by atoms with Crippen molar-refractivity contribution in [2.45, 2.75) is 52.7 Å². The van der Waals surface area contributed by atoms with Crippen molar-refractivity contribution in [2.75, 3.05) is 51.3 Å². The molecule has 11 heteroatoms. The first kappa shape index (κ1) is 35.3. The van der Waals surface area contributed by atoms with Crippen molar-refractivity contribution in [3.05, 3.63) is 89.6 Å². The van der Waals surface area contributed by atoms with Gasteiger partial charge in [0.15, 0.2) is 5.82 Å². The molecule has 5 aromatic rings. The standard InChI is InChI=1S/C41H48N6O5/c1-41(2,3)38(48)52-33-23-29-14-9-10-16-34(29)30(24-33)22-31-25-45(5)36-35(31)42-39(50-27-32-15-11-17-44(32)4)43-37(36)46-18-20-47(21-19-46)40(49)51-26-28-12-7-6-8-13-28/h6-10,12-14,16,23-25,32H,11,15,17-22,26-27H2,1-5H3. The molecule has 0 aliphatic carbocycles. The zero-order valence-electron chi connectivity index (χ0n) is 30.8. The van der Waals surface area contributed by atoms with E-state index in [0.717, 1.165) is 63.7 Å². The number of likely N-dealkylation sites (tertiary alicyclic amines) is 1. The van der Waals surface area contributed by atoms with Crippen molar-refractivity contribution in [2.24, 2.45) is 12.5 Å². The van der Waals surface area contributed by atoms with E-state index in [-0.39, 0.29) is 18.7 Å². The summed E-state index contributed by atoms with van der Waals surface area (Å²) >= 11 is 0. The fraction of sp³-hybridized carbons (Fsp3) is 0.415. The number of rotatable bonds is 9. The summed E-state index contributed by atoms with van der Waals surface area (Å²) in [6, 6.07) is 22.4. The summed E-state index contributed by atoms with van der Waals surface area (Å²) in [6.07, 6.45) is 4.57. The molecule has 0 radical (unpaired) electrons. The lowest BCUT2D eigenvalue weighted by molar-refractivity contribution is -0.142. The highest BCUT2D eigenvalue weighted by molar-refractivity contribution is 5.92. The van der Waals surface area contributed by atoms with Gasteiger partial charge in [0.1, 0.15) is 30.0 Å². The number of amides is 1. The molecule has 52 heavy (non-hydrogen) atoms. The number of nitrogens with zero attached hydrogens (tertiary/aromatic N) is 6. The van der Waals surface area contributed by atoms with Gasteiger partial charge in [-0.1, -0.05) is 54.6 Å². The lowest BCUT2D eigenvalue weighted by Gasteiger charge is -2.35. The van der Waals surface area contributed by atoms with Crippen LogP contribution in [0.1, 0.15) is 50.3 Å². The Morgan fingerprint density at radius 1 is 0.885 bits per heavy atom. The molecule has 0 spiro atoms. The summed E-state index contributed by atoms with van der Waals surface area (Å²) in [5, 5.41) is 2.08. The number of esters is 1. The van der Waals surface area contributed by atoms with E-state index in [2.05, 4.69) is 33.7 Å². The van der Waals surface area contributed by atoms with Gasteiger partial charge in [-0.15, -0.1) is 0 Å². The molecule has 272 valence electrons. The van der Waals surface area contributed by atoms with Crippen molar-refractivity contribution < 1.29 is 23.8 Å². The van der Waals surface area contributed by atoms with Crippen LogP contribution < -0.4 is 14.4 Å². The van der Waals surface area contributed by atoms with Crippen LogP contribution in [0, 0.1) is 5.41 Å². The molecule has 4 heterocycles. The highest BCUT2D eigenvalue weighted by Gasteiger charge is 2.29. The first-order chi connectivity index (χ1) is 25.0. The molecule has 1 amide bonds. The summed E-state index contributed by atoms with van der Waals surface area (Å²) in [7, 11) is 4.15. The number of piperazine rings is 1. The largest absolute Gasteiger partial charge is 0.462 e. The number of carbonyl (C=O) groups is 2. The average Bonchev–Trinajstić information content (AvgIpc) is 3.70. The average molecular weight is 705 g/mol. The minimum Gasteiger partial charge on any atom is -0.462 e. The highest BCUT2D eigenvalue weighted by atomic mass is 16.6. The molecule has 0 bridgehead atoms. The van der Waals surface area contributed by atoms with Gasteiger partial charge >= 0.3 is 18.1 Å². The maximum Gasteiger partial charge on any atom is 0.410 e. The first-order valence-electron chi connectivity index (χ1n) is 18.2. The number of ether oxygens (including phenoxy) is 3. The van der Waals surface area contributed by atoms with Gasteiger partial charge in [0, 0.05) is 57.4 Å². The van der Waals surface area contributed by atoms with E-state index in [1.54, 1.807) is 4.90 Å². The molecule has 2 aliphatic rings. The molecule has 2 aromatic heterocycles. The number of aryl methyl sites for hydroxylation is 1. The minimum atomic E-state index is -0.633. The normalized spacial score (nSPS) is 16.8. The maximum atomic E-state index is 13.0. The Morgan fingerprint density at radius 2 is 1.63 bits per heavy atom. The van der Waals surface area contributed by atoms with Crippen molar-refractivity contribution >= 4 is 39.7 Å². The zero-order valence-corrected chi connectivity index (χ0v) is 30.8. The fourth-order valence-corrected chi connectivity index (χ4v) is 7.05. The second-order valence-corrected chi connectivity index (χ2v) is 15.0. The topological polar surface area (TPSA) is 102 Å². The summed E-state index contributed by atoms with van der Waals surface area (Å²) < 4.78 is 20.0. The van der Waals surface area contributed by atoms with Crippen molar-refractivity contribution in [1.82, 2.24) is 24.3 Å². The van der Waals surface area contributed by atoms with Crippen LogP contribution in [0.2, 0.25) is 0 Å². The van der Waals surface area contributed by atoms with Crippen LogP contribution in [0.25, 0.3) is 21.8 Å². The molecule has 0 saturated carbocycles. The van der Waals surface area contributed by atoms with E-state index >= 15 is 0 Å². The van der Waals surface area contributed by atoms with Crippen LogP contribution in [0.5, 0.6) is 11.8 Å². The molecule has 2 fully saturated rings. The zero-order chi connectivity index (χ0) is 36.4. The summed E-state index contributed by atoms with van der Waals surface area (Å²) in [5.41, 5.74) is 4.08. The molecule has 2 aliphatic heterocycles. The predicted octanol–water partition coefficient (Wildman–Crippen LogP) is 6.60. The van der Waals surface area contributed by atoms with E-state index < -0.39 is 5.41 Å². The smallest absolute Gasteiger partial charge is 0.410 e. The Kier molecular flexibility index (Phi) is 10.1. The third-order valence-corrected chi connectivity index (χ3v) is 10.1. The molecule has 1 atom stereocenters. The Hall–Kier alpha value is -5.16. The summed E-state index contributed by atoms with van der Waals surface area (Å²) in [5.74, 6) is 1.02. The minimum absolute atomic E-state index is 0.243. The van der Waals surface area contributed by atoms with Crippen LogP contribution in [-0.4, -0.2) is 88.8 Å². The molecular weight excluding hydrogens is 656 g/mol. The molecule has 2 saturated heterocycles. The quantitative estimate of drug-likeness (QED) is 0.124. The number of hydrogen-bond acceptors (Lipinski definition) is 9. The van der Waals surface area contributed by atoms with Gasteiger partial charge in [-0.3, -0.25) is 4.79 Å². The number of hydrogen-bond donors (Lipinski definition) is 0. The second kappa shape index (κ2) is 14.8. The Balaban J connectivity index is 1.19. The Bertz CT molecular complexity index is 2070. The van der Waals surface area contributed by atoms with E-state index in [9.17, 15) is 9.59 Å². The number of fused-ring (bicyclic) bond motifs is 2. The summed E-state index contributed by atoms with van der Waals surface area (Å²) in [4.78, 5) is 42.2. The monoisotopic (exact) mass is 704 g/mol. The number of aromatic nitrogens is 3. The molecule has 3 aromatic carbocycles. The van der Waals surface area contributed by atoms with Crippen LogP contribution in [0.3, 0.4) is 0 Å². The lowest BCUT2D eigenvalue weighted by atomic mass is 9.97. The van der Waals surface area contributed by atoms with Crippen molar-refractivity contribution in [3.63, 3.8) is 0 Å². The molecular formula is C41H48N6O5. The van der Waals surface area contributed by atoms with Crippen LogP contribution >= 0.6 is 0 Å². The van der Waals surface area contributed by atoms with Crippen LogP contribution in [0.4, 0.5) is 10.6 Å². The highest BCUT2D eigenvalue weighted by Crippen LogP contribution is 2.34. The van der Waals surface area contributed by atoms with Gasteiger partial charge in [0.2, 0.25) is 0 Å². The second-order valence-electron chi connectivity index (χ2n) is 15.0. The van der Waals surface area contributed by atoms with Gasteiger partial charge in [0.25, 0.3) is 0 Å². The van der Waals surface area contributed by atoms with Crippen molar-refractivity contribution in [3.8, 4) is 11.8 Å². The van der Waals surface area contributed by atoms with Gasteiger partial charge < -0.3 is 33.5 Å². The van der Waals surface area contributed by atoms with Gasteiger partial charge in [-0.2, -0.15) is 9.97 Å². The molecule has 7 rings (SSSR count). The number of anilines is 1. The number of likely N-dealkylation sites (N-methyl/N-ethyl adjacent to an activating group) is 1. The van der Waals surface area contributed by atoms with Crippen LogP contribution in [0.15, 0.2) is 72.9 Å². The number of benzene rings is 3. The first-order valence-corrected chi connectivity index (χ1v) is 18.2. The Morgan fingerprint density at radius 3 is 2.37 bits per heavy atom. The SMILES string of the molecule is CN1CCCC1COc1nc(N2CCN(C(=O)OCc3ccccc3)CC2)c2c(n1)c(Cc1cc(OC(=O)C(C)(C)C)cc3ccccc13)cn2C. The van der Waals surface area contributed by atoms with E-state index in [1.807, 2.05) is 88.5 Å². The molecule has 1 unspecified atom stereocenters. The predicted molar refractivity (Wildman–Crippen MR) is 202 cm³/mol. The fourth-order valence-electron chi connectivity index (χ4n) is 7.05. The van der Waals surface area contributed by atoms with Crippen LogP contribution in [-0.2, 0) is 29.6 Å².